The van der Waals surface area contributed by atoms with Gasteiger partial charge >= 0.3 is 0 Å². The molecular formula is C15H21Cl. The summed E-state index contributed by atoms with van der Waals surface area (Å²) < 4.78 is 0. The van der Waals surface area contributed by atoms with Gasteiger partial charge < -0.3 is 0 Å². The van der Waals surface area contributed by atoms with Gasteiger partial charge in [-0.3, -0.25) is 0 Å². The molecule has 0 bridgehead atoms. The van der Waals surface area contributed by atoms with Gasteiger partial charge in [0, 0.05) is 5.38 Å². The normalized spacial score (nSPS) is 26.0. The Morgan fingerprint density at radius 1 is 1.12 bits per heavy atom. The van der Waals surface area contributed by atoms with Crippen molar-refractivity contribution >= 4 is 11.6 Å². The predicted octanol–water partition coefficient (Wildman–Crippen LogP) is 5.08. The fourth-order valence-corrected chi connectivity index (χ4v) is 2.96. The summed E-state index contributed by atoms with van der Waals surface area (Å²) in [6.45, 7) is 4.48. The van der Waals surface area contributed by atoms with E-state index in [-0.39, 0.29) is 0 Å². The first-order valence-corrected chi connectivity index (χ1v) is 6.84. The van der Waals surface area contributed by atoms with Crippen LogP contribution in [0.4, 0.5) is 0 Å². The monoisotopic (exact) mass is 236 g/mol. The minimum absolute atomic E-state index is 0.392. The van der Waals surface area contributed by atoms with Crippen LogP contribution >= 0.6 is 11.6 Å². The molecule has 0 aliphatic heterocycles. The number of benzene rings is 1. The average Bonchev–Trinajstić information content (AvgIpc) is 2.29. The molecule has 2 unspecified atom stereocenters. The van der Waals surface area contributed by atoms with E-state index in [1.807, 2.05) is 0 Å². The molecule has 1 fully saturated rings. The van der Waals surface area contributed by atoms with Crippen molar-refractivity contribution in [3.05, 3.63) is 35.4 Å². The van der Waals surface area contributed by atoms with Crippen LogP contribution in [0.2, 0.25) is 0 Å². The van der Waals surface area contributed by atoms with Crippen molar-refractivity contribution in [2.24, 2.45) is 0 Å². The number of hydrogen-bond acceptors (Lipinski definition) is 0. The molecule has 1 aliphatic rings. The van der Waals surface area contributed by atoms with Crippen molar-refractivity contribution in [2.75, 3.05) is 0 Å². The van der Waals surface area contributed by atoms with E-state index in [2.05, 4.69) is 38.1 Å². The Morgan fingerprint density at radius 2 is 1.81 bits per heavy atom. The van der Waals surface area contributed by atoms with Crippen molar-refractivity contribution in [1.29, 1.82) is 0 Å². The van der Waals surface area contributed by atoms with Gasteiger partial charge in [-0.05, 0) is 42.2 Å². The fraction of sp³-hybridized carbons (Fsp3) is 0.600. The van der Waals surface area contributed by atoms with Gasteiger partial charge in [-0.2, -0.15) is 0 Å². The van der Waals surface area contributed by atoms with Crippen LogP contribution in [0.15, 0.2) is 24.3 Å². The Labute approximate surface area is 104 Å². The van der Waals surface area contributed by atoms with Crippen molar-refractivity contribution in [3.8, 4) is 0 Å². The molecule has 2 atom stereocenters. The third-order valence-electron chi connectivity index (χ3n) is 3.68. The van der Waals surface area contributed by atoms with Crippen molar-refractivity contribution in [3.63, 3.8) is 0 Å². The second-order valence-corrected chi connectivity index (χ2v) is 5.90. The van der Waals surface area contributed by atoms with Gasteiger partial charge in [0.15, 0.2) is 0 Å². The molecule has 0 saturated heterocycles. The van der Waals surface area contributed by atoms with Crippen LogP contribution in [0.25, 0.3) is 0 Å². The van der Waals surface area contributed by atoms with E-state index in [9.17, 15) is 0 Å². The molecule has 1 heteroatoms. The molecule has 0 heterocycles. The summed E-state index contributed by atoms with van der Waals surface area (Å²) >= 11 is 6.24. The van der Waals surface area contributed by atoms with E-state index in [0.29, 0.717) is 17.2 Å². The summed E-state index contributed by atoms with van der Waals surface area (Å²) in [6, 6.07) is 9.15. The Bertz CT molecular complexity index is 326. The molecule has 16 heavy (non-hydrogen) atoms. The number of alkyl halides is 1. The molecule has 1 aliphatic carbocycles. The minimum atomic E-state index is 0.392. The van der Waals surface area contributed by atoms with E-state index in [4.69, 9.17) is 11.6 Å². The molecule has 0 spiro atoms. The topological polar surface area (TPSA) is 0 Å². The third-order valence-corrected chi connectivity index (χ3v) is 4.08. The first kappa shape index (κ1) is 12.0. The van der Waals surface area contributed by atoms with E-state index in [1.165, 1.54) is 30.4 Å². The lowest BCUT2D eigenvalue weighted by molar-refractivity contribution is 0.449. The average molecular weight is 237 g/mol. The van der Waals surface area contributed by atoms with E-state index in [0.717, 1.165) is 6.42 Å². The van der Waals surface area contributed by atoms with Gasteiger partial charge in [-0.1, -0.05) is 44.5 Å². The minimum Gasteiger partial charge on any atom is -0.123 e. The summed E-state index contributed by atoms with van der Waals surface area (Å²) in [5.41, 5.74) is 2.91. The predicted molar refractivity (Wildman–Crippen MR) is 71.4 cm³/mol. The highest BCUT2D eigenvalue weighted by atomic mass is 35.5. The fourth-order valence-electron chi connectivity index (χ4n) is 2.59. The van der Waals surface area contributed by atoms with Crippen molar-refractivity contribution < 1.29 is 0 Å². The first-order chi connectivity index (χ1) is 7.66. The van der Waals surface area contributed by atoms with Gasteiger partial charge in [0.05, 0.1) is 0 Å². The molecule has 1 aromatic carbocycles. The van der Waals surface area contributed by atoms with Crippen LogP contribution in [0.1, 0.15) is 62.5 Å². The summed E-state index contributed by atoms with van der Waals surface area (Å²) in [5, 5.41) is 0.392. The second-order valence-electron chi connectivity index (χ2n) is 5.28. The van der Waals surface area contributed by atoms with E-state index >= 15 is 0 Å². The quantitative estimate of drug-likeness (QED) is 0.629. The Morgan fingerprint density at radius 3 is 2.38 bits per heavy atom. The lowest BCUT2D eigenvalue weighted by Crippen LogP contribution is -2.13. The lowest BCUT2D eigenvalue weighted by atomic mass is 9.83. The smallest absolute Gasteiger partial charge is 0.0341 e. The molecule has 0 N–H and O–H groups in total. The van der Waals surface area contributed by atoms with Crippen LogP contribution < -0.4 is 0 Å². The van der Waals surface area contributed by atoms with Crippen molar-refractivity contribution in [1.82, 2.24) is 0 Å². The SMILES string of the molecule is CC(C)c1ccc(C2CCCC(Cl)C2)cc1. The lowest BCUT2D eigenvalue weighted by Gasteiger charge is -2.26. The zero-order valence-electron chi connectivity index (χ0n) is 10.2. The zero-order chi connectivity index (χ0) is 11.5. The molecule has 1 saturated carbocycles. The number of rotatable bonds is 2. The molecule has 0 nitrogen and oxygen atoms in total. The summed E-state index contributed by atoms with van der Waals surface area (Å²) in [4.78, 5) is 0. The molecular weight excluding hydrogens is 216 g/mol. The standard InChI is InChI=1S/C15H21Cl/c1-11(2)12-6-8-13(9-7-12)14-4-3-5-15(16)10-14/h6-9,11,14-15H,3-5,10H2,1-2H3. The Hall–Kier alpha value is -0.490. The molecule has 0 aromatic heterocycles. The molecule has 2 rings (SSSR count). The molecule has 88 valence electrons. The maximum Gasteiger partial charge on any atom is 0.0341 e. The second kappa shape index (κ2) is 5.23. The van der Waals surface area contributed by atoms with Crippen molar-refractivity contribution in [2.45, 2.75) is 56.7 Å². The van der Waals surface area contributed by atoms with Gasteiger partial charge in [0.1, 0.15) is 0 Å². The first-order valence-electron chi connectivity index (χ1n) is 6.40. The van der Waals surface area contributed by atoms with Gasteiger partial charge in [0.2, 0.25) is 0 Å². The summed E-state index contributed by atoms with van der Waals surface area (Å²) in [6.07, 6.45) is 4.94. The highest BCUT2D eigenvalue weighted by molar-refractivity contribution is 6.20. The number of hydrogen-bond donors (Lipinski definition) is 0. The number of halogens is 1. The Balaban J connectivity index is 2.09. The van der Waals surface area contributed by atoms with Crippen LogP contribution in [0.5, 0.6) is 0 Å². The molecule has 0 radical (unpaired) electrons. The van der Waals surface area contributed by atoms with Crippen LogP contribution in [-0.2, 0) is 0 Å². The van der Waals surface area contributed by atoms with Gasteiger partial charge in [-0.25, -0.2) is 0 Å². The molecule has 1 aromatic rings. The van der Waals surface area contributed by atoms with Crippen LogP contribution in [-0.4, -0.2) is 5.38 Å². The third kappa shape index (κ3) is 2.79. The highest BCUT2D eigenvalue weighted by Gasteiger charge is 2.21. The largest absolute Gasteiger partial charge is 0.123 e. The Kier molecular flexibility index (Phi) is 3.91. The summed E-state index contributed by atoms with van der Waals surface area (Å²) in [5.74, 6) is 1.32. The van der Waals surface area contributed by atoms with E-state index in [1.54, 1.807) is 0 Å². The van der Waals surface area contributed by atoms with Gasteiger partial charge in [-0.15, -0.1) is 11.6 Å². The maximum absolute atomic E-state index is 6.24. The highest BCUT2D eigenvalue weighted by Crippen LogP contribution is 2.35. The zero-order valence-corrected chi connectivity index (χ0v) is 11.0. The maximum atomic E-state index is 6.24. The summed E-state index contributed by atoms with van der Waals surface area (Å²) in [7, 11) is 0. The van der Waals surface area contributed by atoms with E-state index < -0.39 is 0 Å². The van der Waals surface area contributed by atoms with Crippen LogP contribution in [0, 0.1) is 0 Å². The van der Waals surface area contributed by atoms with Gasteiger partial charge in [0.25, 0.3) is 0 Å². The molecule has 0 amide bonds. The van der Waals surface area contributed by atoms with Crippen LogP contribution in [0.3, 0.4) is 0 Å².